The fourth-order valence-corrected chi connectivity index (χ4v) is 2.25. The molecule has 7 nitrogen and oxygen atoms in total. The van der Waals surface area contributed by atoms with Gasteiger partial charge in [0, 0.05) is 25.9 Å². The molecule has 0 saturated heterocycles. The Kier molecular flexibility index (Phi) is 7.10. The summed E-state index contributed by atoms with van der Waals surface area (Å²) < 4.78 is 7.10. The summed E-state index contributed by atoms with van der Waals surface area (Å²) in [6.45, 7) is 2.13. The maximum atomic E-state index is 10.0. The number of ether oxygens (including phenoxy) is 1. The quantitative estimate of drug-likeness (QED) is 0.652. The van der Waals surface area contributed by atoms with E-state index in [0.29, 0.717) is 17.2 Å². The number of hydrogen-bond acceptors (Lipinski definition) is 6. The molecule has 9 heteroatoms. The topological polar surface area (TPSA) is 81.9 Å². The van der Waals surface area contributed by atoms with Crippen LogP contribution in [0.1, 0.15) is 18.6 Å². The van der Waals surface area contributed by atoms with Gasteiger partial charge in [0.25, 0.3) is 6.47 Å². The van der Waals surface area contributed by atoms with Gasteiger partial charge in [0.15, 0.2) is 10.4 Å². The molecule has 0 aliphatic heterocycles. The lowest BCUT2D eigenvalue weighted by molar-refractivity contribution is -0.133. The Balaban J connectivity index is 0.000000219. The Bertz CT molecular complexity index is 573. The summed E-state index contributed by atoms with van der Waals surface area (Å²) in [5.74, 6) is 0.884. The van der Waals surface area contributed by atoms with Gasteiger partial charge in [-0.2, -0.15) is 0 Å². The average Bonchev–Trinajstić information content (AvgIpc) is 2.79. The second-order valence-electron chi connectivity index (χ2n) is 3.86. The lowest BCUT2D eigenvalue weighted by Crippen LogP contribution is -1.99. The second-order valence-corrected chi connectivity index (χ2v) is 4.97. The van der Waals surface area contributed by atoms with Crippen molar-refractivity contribution in [2.45, 2.75) is 13.0 Å². The largest absolute Gasteiger partial charge is 0.460 e. The Morgan fingerprint density at radius 1 is 1.57 bits per heavy atom. The highest BCUT2D eigenvalue weighted by molar-refractivity contribution is 9.10. The van der Waals surface area contributed by atoms with Gasteiger partial charge in [-0.15, -0.1) is 5.10 Å². The molecule has 1 atom stereocenters. The van der Waals surface area contributed by atoms with Gasteiger partial charge in [-0.05, 0) is 28.9 Å². The van der Waals surface area contributed by atoms with Crippen molar-refractivity contribution in [3.05, 3.63) is 33.6 Å². The summed E-state index contributed by atoms with van der Waals surface area (Å²) in [5.41, 5.74) is 0.714. The fraction of sp³-hybridized carbons (Fsp3) is 0.333. The first kappa shape index (κ1) is 17.4. The molecule has 114 valence electrons. The van der Waals surface area contributed by atoms with Gasteiger partial charge >= 0.3 is 0 Å². The zero-order valence-electron chi connectivity index (χ0n) is 11.7. The van der Waals surface area contributed by atoms with Crippen LogP contribution in [-0.2, 0) is 16.6 Å². The molecule has 2 rings (SSSR count). The highest BCUT2D eigenvalue weighted by Gasteiger charge is 2.09. The third-order valence-electron chi connectivity index (χ3n) is 2.51. The molecule has 0 amide bonds. The van der Waals surface area contributed by atoms with Crippen molar-refractivity contribution in [3.63, 3.8) is 0 Å². The number of halogens is 2. The van der Waals surface area contributed by atoms with E-state index in [9.17, 15) is 4.79 Å². The summed E-state index contributed by atoms with van der Waals surface area (Å²) in [6.07, 6.45) is 1.24. The first-order valence-electron chi connectivity index (χ1n) is 5.93. The van der Waals surface area contributed by atoms with Crippen LogP contribution in [-0.4, -0.2) is 33.5 Å². The number of hydrogen-bond donors (Lipinski definition) is 1. The minimum atomic E-state index is -0.344. The third-order valence-corrected chi connectivity index (χ3v) is 3.36. The van der Waals surface area contributed by atoms with E-state index in [4.69, 9.17) is 16.3 Å². The van der Waals surface area contributed by atoms with Crippen LogP contribution in [0.3, 0.4) is 0 Å². The van der Waals surface area contributed by atoms with Crippen molar-refractivity contribution in [1.82, 2.24) is 20.0 Å². The molecule has 0 spiro atoms. The number of carbonyl (C=O) groups excluding carboxylic acids is 1. The summed E-state index contributed by atoms with van der Waals surface area (Å²) in [6, 6.07) is 3.51. The molecule has 0 aromatic carbocycles. The molecule has 1 N–H and O–H groups in total. The van der Waals surface area contributed by atoms with Gasteiger partial charge < -0.3 is 10.1 Å². The molecule has 0 aliphatic rings. The van der Waals surface area contributed by atoms with Crippen LogP contribution in [0.15, 0.2) is 22.9 Å². The van der Waals surface area contributed by atoms with Crippen molar-refractivity contribution in [3.8, 4) is 0 Å². The SMILES string of the molecule is CC(OC=O)c1cccnc1Cl.CNc1c(Br)nnn1C. The fourth-order valence-electron chi connectivity index (χ4n) is 1.46. The van der Waals surface area contributed by atoms with Crippen LogP contribution in [0.5, 0.6) is 0 Å². The molecular formula is C12H15BrClN5O2. The monoisotopic (exact) mass is 375 g/mol. The van der Waals surface area contributed by atoms with Gasteiger partial charge in [-0.1, -0.05) is 22.9 Å². The maximum absolute atomic E-state index is 10.0. The predicted molar refractivity (Wildman–Crippen MR) is 83.1 cm³/mol. The Morgan fingerprint density at radius 3 is 2.71 bits per heavy atom. The van der Waals surface area contributed by atoms with Crippen LogP contribution >= 0.6 is 27.5 Å². The van der Waals surface area contributed by atoms with E-state index in [2.05, 4.69) is 36.5 Å². The minimum Gasteiger partial charge on any atom is -0.460 e. The predicted octanol–water partition coefficient (Wildman–Crippen LogP) is 2.59. The van der Waals surface area contributed by atoms with Gasteiger partial charge in [0.1, 0.15) is 11.3 Å². The van der Waals surface area contributed by atoms with Gasteiger partial charge in [0.05, 0.1) is 0 Å². The molecule has 2 aromatic rings. The van der Waals surface area contributed by atoms with E-state index in [0.717, 1.165) is 10.4 Å². The molecule has 0 fully saturated rings. The number of nitrogens with one attached hydrogen (secondary N) is 1. The molecule has 21 heavy (non-hydrogen) atoms. The number of pyridine rings is 1. The molecule has 2 heterocycles. The van der Waals surface area contributed by atoms with E-state index in [1.807, 2.05) is 14.1 Å². The van der Waals surface area contributed by atoms with E-state index in [1.54, 1.807) is 29.9 Å². The Hall–Kier alpha value is -1.67. The summed E-state index contributed by atoms with van der Waals surface area (Å²) in [5, 5.41) is 10.8. The molecule has 0 radical (unpaired) electrons. The number of carbonyl (C=O) groups is 1. The summed E-state index contributed by atoms with van der Waals surface area (Å²) in [4.78, 5) is 13.9. The zero-order valence-corrected chi connectivity index (χ0v) is 14.1. The molecule has 0 bridgehead atoms. The van der Waals surface area contributed by atoms with Crippen molar-refractivity contribution < 1.29 is 9.53 Å². The highest BCUT2D eigenvalue weighted by Crippen LogP contribution is 2.21. The van der Waals surface area contributed by atoms with Crippen molar-refractivity contribution >= 4 is 39.8 Å². The van der Waals surface area contributed by atoms with Crippen molar-refractivity contribution in [1.29, 1.82) is 0 Å². The molecule has 1 unspecified atom stereocenters. The maximum Gasteiger partial charge on any atom is 0.293 e. The zero-order chi connectivity index (χ0) is 15.8. The molecular weight excluding hydrogens is 362 g/mol. The lowest BCUT2D eigenvalue weighted by atomic mass is 10.2. The van der Waals surface area contributed by atoms with E-state index < -0.39 is 0 Å². The number of nitrogens with zero attached hydrogens (tertiary/aromatic N) is 4. The molecule has 2 aromatic heterocycles. The Morgan fingerprint density at radius 2 is 2.29 bits per heavy atom. The third kappa shape index (κ3) is 4.98. The minimum absolute atomic E-state index is 0.344. The average molecular weight is 377 g/mol. The van der Waals surface area contributed by atoms with Crippen LogP contribution in [0.4, 0.5) is 5.82 Å². The van der Waals surface area contributed by atoms with Crippen LogP contribution in [0.25, 0.3) is 0 Å². The van der Waals surface area contributed by atoms with E-state index in [1.165, 1.54) is 0 Å². The second kappa shape index (κ2) is 8.58. The van der Waals surface area contributed by atoms with E-state index in [-0.39, 0.29) is 6.10 Å². The first-order valence-corrected chi connectivity index (χ1v) is 7.10. The standard InChI is InChI=1S/C8H8ClNO2.C4H7BrN4/c1-6(12-5-11)7-3-2-4-10-8(7)9;1-6-4-3(5)7-8-9(4)2/h2-6H,1H3;6H,1-2H3. The number of aryl methyl sites for hydroxylation is 1. The highest BCUT2D eigenvalue weighted by atomic mass is 79.9. The number of rotatable bonds is 4. The molecule has 0 aliphatic carbocycles. The van der Waals surface area contributed by atoms with Crippen LogP contribution in [0.2, 0.25) is 5.15 Å². The Labute approximate surface area is 135 Å². The lowest BCUT2D eigenvalue weighted by Gasteiger charge is -2.09. The van der Waals surface area contributed by atoms with Gasteiger partial charge in [-0.25, -0.2) is 9.67 Å². The first-order chi connectivity index (χ1) is 10.0. The van der Waals surface area contributed by atoms with Crippen LogP contribution < -0.4 is 5.32 Å². The van der Waals surface area contributed by atoms with Gasteiger partial charge in [-0.3, -0.25) is 4.79 Å². The molecule has 0 saturated carbocycles. The van der Waals surface area contributed by atoms with Crippen LogP contribution in [0, 0.1) is 0 Å². The smallest absolute Gasteiger partial charge is 0.293 e. The summed E-state index contributed by atoms with van der Waals surface area (Å²) in [7, 11) is 3.65. The van der Waals surface area contributed by atoms with E-state index >= 15 is 0 Å². The van der Waals surface area contributed by atoms with Crippen molar-refractivity contribution in [2.75, 3.05) is 12.4 Å². The summed E-state index contributed by atoms with van der Waals surface area (Å²) >= 11 is 8.97. The van der Waals surface area contributed by atoms with Crippen molar-refractivity contribution in [2.24, 2.45) is 7.05 Å². The van der Waals surface area contributed by atoms with Gasteiger partial charge in [0.2, 0.25) is 0 Å². The number of aromatic nitrogens is 4. The number of anilines is 1. The normalized spacial score (nSPS) is 11.1.